The summed E-state index contributed by atoms with van der Waals surface area (Å²) in [6.07, 6.45) is 5.50. The quantitative estimate of drug-likeness (QED) is 0.768. The lowest BCUT2D eigenvalue weighted by atomic mass is 9.88. The van der Waals surface area contributed by atoms with E-state index in [1.54, 1.807) is 0 Å². The summed E-state index contributed by atoms with van der Waals surface area (Å²) in [5.74, 6) is 0.0795. The third-order valence-corrected chi connectivity index (χ3v) is 5.27. The van der Waals surface area contributed by atoms with E-state index in [4.69, 9.17) is 0 Å². The monoisotopic (exact) mass is 351 g/mol. The Morgan fingerprint density at radius 3 is 3.00 bits per heavy atom. The van der Waals surface area contributed by atoms with Gasteiger partial charge in [0.2, 0.25) is 5.91 Å². The fraction of sp³-hybridized carbons (Fsp3) is 0.450. The van der Waals surface area contributed by atoms with Crippen LogP contribution in [0.5, 0.6) is 0 Å². The molecule has 0 bridgehead atoms. The normalized spacial score (nSPS) is 16.6. The Morgan fingerprint density at radius 2 is 2.15 bits per heavy atom. The minimum absolute atomic E-state index is 0.0795. The van der Waals surface area contributed by atoms with E-state index in [-0.39, 0.29) is 11.9 Å². The van der Waals surface area contributed by atoms with Gasteiger partial charge in [0.1, 0.15) is 11.0 Å². The summed E-state index contributed by atoms with van der Waals surface area (Å²) < 4.78 is 3.85. The number of carbonyl (C=O) groups is 1. The molecule has 1 N–H and O–H groups in total. The molecular formula is C20H25N5O. The molecule has 1 aromatic carbocycles. The zero-order chi connectivity index (χ0) is 18.1. The van der Waals surface area contributed by atoms with Crippen LogP contribution in [0.2, 0.25) is 0 Å². The smallest absolute Gasteiger partial charge is 0.222 e. The zero-order valence-corrected chi connectivity index (χ0v) is 15.4. The van der Waals surface area contributed by atoms with Crippen LogP contribution in [0.15, 0.2) is 30.5 Å². The number of amides is 1. The van der Waals surface area contributed by atoms with Gasteiger partial charge in [0.15, 0.2) is 0 Å². The minimum atomic E-state index is 0.0795. The number of nitrogens with zero attached hydrogens (tertiary/aromatic N) is 4. The Labute approximate surface area is 153 Å². The van der Waals surface area contributed by atoms with Gasteiger partial charge in [-0.2, -0.15) is 10.2 Å². The molecular weight excluding hydrogens is 326 g/mol. The summed E-state index contributed by atoms with van der Waals surface area (Å²) in [4.78, 5) is 12.5. The number of hydrogen-bond acceptors (Lipinski definition) is 3. The zero-order valence-electron chi connectivity index (χ0n) is 15.4. The van der Waals surface area contributed by atoms with E-state index in [9.17, 15) is 4.79 Å². The van der Waals surface area contributed by atoms with Crippen molar-refractivity contribution >= 4 is 16.9 Å². The van der Waals surface area contributed by atoms with Gasteiger partial charge in [0.05, 0.1) is 24.5 Å². The second kappa shape index (κ2) is 6.94. The van der Waals surface area contributed by atoms with Crippen LogP contribution in [-0.2, 0) is 24.3 Å². The van der Waals surface area contributed by atoms with Crippen molar-refractivity contribution in [3.8, 4) is 0 Å². The van der Waals surface area contributed by atoms with Crippen molar-refractivity contribution in [2.24, 2.45) is 0 Å². The number of hydrogen-bond donors (Lipinski definition) is 1. The molecule has 1 amide bonds. The van der Waals surface area contributed by atoms with Gasteiger partial charge < -0.3 is 5.32 Å². The van der Waals surface area contributed by atoms with Crippen molar-refractivity contribution in [1.82, 2.24) is 24.9 Å². The SMILES string of the molecule is CCn1nc(C)c2c1cnn2CCC(=O)NC1CCCc2ccccc21. The molecule has 136 valence electrons. The van der Waals surface area contributed by atoms with E-state index >= 15 is 0 Å². The van der Waals surface area contributed by atoms with Crippen LogP contribution in [-0.4, -0.2) is 25.5 Å². The summed E-state index contributed by atoms with van der Waals surface area (Å²) in [5, 5.41) is 12.2. The van der Waals surface area contributed by atoms with Gasteiger partial charge in [-0.25, -0.2) is 0 Å². The maximum absolute atomic E-state index is 12.5. The topological polar surface area (TPSA) is 64.7 Å². The second-order valence-electron chi connectivity index (χ2n) is 6.96. The Morgan fingerprint density at radius 1 is 1.31 bits per heavy atom. The third kappa shape index (κ3) is 3.00. The van der Waals surface area contributed by atoms with E-state index in [1.807, 2.05) is 22.5 Å². The number of aryl methyl sites for hydroxylation is 4. The molecule has 0 spiro atoms. The number of fused-ring (bicyclic) bond motifs is 2. The van der Waals surface area contributed by atoms with Crippen LogP contribution in [0.4, 0.5) is 0 Å². The second-order valence-corrected chi connectivity index (χ2v) is 6.96. The van der Waals surface area contributed by atoms with Crippen molar-refractivity contribution in [3.63, 3.8) is 0 Å². The first kappa shape index (κ1) is 16.8. The van der Waals surface area contributed by atoms with Gasteiger partial charge in [-0.3, -0.25) is 14.2 Å². The molecule has 0 saturated carbocycles. The summed E-state index contributed by atoms with van der Waals surface area (Å²) in [5.41, 5.74) is 5.66. The Hall–Kier alpha value is -2.63. The van der Waals surface area contributed by atoms with Gasteiger partial charge in [-0.15, -0.1) is 0 Å². The highest BCUT2D eigenvalue weighted by Gasteiger charge is 2.21. The molecule has 6 nitrogen and oxygen atoms in total. The van der Waals surface area contributed by atoms with Crippen LogP contribution in [0.25, 0.3) is 11.0 Å². The van der Waals surface area contributed by atoms with Gasteiger partial charge in [0, 0.05) is 13.0 Å². The van der Waals surface area contributed by atoms with Crippen molar-refractivity contribution in [2.75, 3.05) is 0 Å². The number of carbonyl (C=O) groups excluding carboxylic acids is 1. The average Bonchev–Trinajstić information content (AvgIpc) is 3.21. The van der Waals surface area contributed by atoms with Crippen LogP contribution in [0.1, 0.15) is 49.0 Å². The summed E-state index contributed by atoms with van der Waals surface area (Å²) in [6.45, 7) is 5.45. The van der Waals surface area contributed by atoms with Gasteiger partial charge in [0.25, 0.3) is 0 Å². The van der Waals surface area contributed by atoms with Crippen LogP contribution in [0.3, 0.4) is 0 Å². The molecule has 1 atom stereocenters. The van der Waals surface area contributed by atoms with Crippen LogP contribution in [0, 0.1) is 6.92 Å². The summed E-state index contributed by atoms with van der Waals surface area (Å²) >= 11 is 0. The number of aromatic nitrogens is 4. The average molecular weight is 351 g/mol. The van der Waals surface area contributed by atoms with Crippen LogP contribution < -0.4 is 5.32 Å². The largest absolute Gasteiger partial charge is 0.349 e. The molecule has 6 heteroatoms. The molecule has 3 aromatic rings. The van der Waals surface area contributed by atoms with Gasteiger partial charge >= 0.3 is 0 Å². The molecule has 2 aromatic heterocycles. The van der Waals surface area contributed by atoms with Crippen molar-refractivity contribution in [2.45, 2.75) is 58.7 Å². The molecule has 1 aliphatic rings. The summed E-state index contributed by atoms with van der Waals surface area (Å²) in [7, 11) is 0. The highest BCUT2D eigenvalue weighted by Crippen LogP contribution is 2.29. The fourth-order valence-corrected chi connectivity index (χ4v) is 4.01. The molecule has 2 heterocycles. The molecule has 0 saturated heterocycles. The molecule has 0 fully saturated rings. The molecule has 0 aliphatic heterocycles. The van der Waals surface area contributed by atoms with E-state index in [2.05, 4.69) is 46.7 Å². The molecule has 4 rings (SSSR count). The standard InChI is InChI=1S/C20H25N5O/c1-3-24-18-13-21-25(20(18)14(2)23-24)12-11-19(26)22-17-10-6-8-15-7-4-5-9-16(15)17/h4-5,7,9,13,17H,3,6,8,10-12H2,1-2H3,(H,22,26). The van der Waals surface area contributed by atoms with E-state index in [1.165, 1.54) is 11.1 Å². The Balaban J connectivity index is 1.43. The lowest BCUT2D eigenvalue weighted by Gasteiger charge is -2.26. The molecule has 0 radical (unpaired) electrons. The minimum Gasteiger partial charge on any atom is -0.349 e. The lowest BCUT2D eigenvalue weighted by molar-refractivity contribution is -0.122. The first-order valence-electron chi connectivity index (χ1n) is 9.43. The molecule has 1 unspecified atom stereocenters. The highest BCUT2D eigenvalue weighted by atomic mass is 16.1. The number of nitrogens with one attached hydrogen (secondary N) is 1. The molecule has 26 heavy (non-hydrogen) atoms. The van der Waals surface area contributed by atoms with E-state index in [0.29, 0.717) is 13.0 Å². The maximum Gasteiger partial charge on any atom is 0.222 e. The van der Waals surface area contributed by atoms with Crippen LogP contribution >= 0.6 is 0 Å². The number of benzene rings is 1. The number of rotatable bonds is 5. The first-order valence-corrected chi connectivity index (χ1v) is 9.43. The van der Waals surface area contributed by atoms with Crippen molar-refractivity contribution in [1.29, 1.82) is 0 Å². The van der Waals surface area contributed by atoms with E-state index in [0.717, 1.165) is 42.5 Å². The van der Waals surface area contributed by atoms with Gasteiger partial charge in [-0.1, -0.05) is 24.3 Å². The molecule has 1 aliphatic carbocycles. The third-order valence-electron chi connectivity index (χ3n) is 5.27. The van der Waals surface area contributed by atoms with E-state index < -0.39 is 0 Å². The highest BCUT2D eigenvalue weighted by molar-refractivity contribution is 5.79. The maximum atomic E-state index is 12.5. The first-order chi connectivity index (χ1) is 12.7. The predicted molar refractivity (Wildman–Crippen MR) is 101 cm³/mol. The Bertz CT molecular complexity index is 939. The summed E-state index contributed by atoms with van der Waals surface area (Å²) in [6, 6.07) is 8.57. The lowest BCUT2D eigenvalue weighted by Crippen LogP contribution is -2.31. The van der Waals surface area contributed by atoms with Crippen molar-refractivity contribution in [3.05, 3.63) is 47.3 Å². The fourth-order valence-electron chi connectivity index (χ4n) is 4.01. The van der Waals surface area contributed by atoms with Crippen molar-refractivity contribution < 1.29 is 4.79 Å². The van der Waals surface area contributed by atoms with Gasteiger partial charge in [-0.05, 0) is 44.2 Å². The Kier molecular flexibility index (Phi) is 4.49. The predicted octanol–water partition coefficient (Wildman–Crippen LogP) is 3.15.